The van der Waals surface area contributed by atoms with E-state index in [0.29, 0.717) is 15.7 Å². The maximum atomic E-state index is 12.1. The van der Waals surface area contributed by atoms with E-state index in [1.165, 1.54) is 6.20 Å². The van der Waals surface area contributed by atoms with Gasteiger partial charge in [-0.15, -0.1) is 5.10 Å². The molecule has 96 valence electrons. The van der Waals surface area contributed by atoms with Crippen molar-refractivity contribution in [2.45, 2.75) is 6.42 Å². The van der Waals surface area contributed by atoms with Crippen molar-refractivity contribution in [2.75, 3.05) is 10.2 Å². The topological polar surface area (TPSA) is 75.2 Å². The van der Waals surface area contributed by atoms with Gasteiger partial charge in [0.25, 0.3) is 0 Å². The van der Waals surface area contributed by atoms with E-state index in [1.807, 2.05) is 0 Å². The molecule has 0 aliphatic carbocycles. The Balaban J connectivity index is 1.91. The number of hydrogen-bond donors (Lipinski definition) is 1. The number of carbonyl (C=O) groups is 2. The van der Waals surface area contributed by atoms with Crippen LogP contribution in [0.3, 0.4) is 0 Å². The molecule has 0 saturated carbocycles. The molecule has 0 atom stereocenters. The Kier molecular flexibility index (Phi) is 2.92. The average Bonchev–Trinajstić information content (AvgIpc) is 2.95. The first kappa shape index (κ1) is 12.1. The monoisotopic (exact) mass is 294 g/mol. The lowest BCUT2D eigenvalue weighted by Crippen LogP contribution is -2.37. The van der Waals surface area contributed by atoms with Gasteiger partial charge in [-0.25, -0.2) is 9.69 Å². The summed E-state index contributed by atoms with van der Waals surface area (Å²) in [4.78, 5) is 25.1. The number of benzene rings is 1. The molecule has 2 aromatic rings. The number of aromatic nitrogens is 2. The Morgan fingerprint density at radius 2 is 2.32 bits per heavy atom. The van der Waals surface area contributed by atoms with Gasteiger partial charge in [0.1, 0.15) is 5.00 Å². The van der Waals surface area contributed by atoms with E-state index in [2.05, 4.69) is 14.9 Å². The molecule has 1 N–H and O–H groups in total. The van der Waals surface area contributed by atoms with Crippen LogP contribution < -0.4 is 10.2 Å². The molecule has 3 rings (SSSR count). The SMILES string of the molecule is O=C1Cc2ccc(Cl)cc2N1C(=O)Nc1cnns1. The molecule has 3 amide bonds. The lowest BCUT2D eigenvalue weighted by molar-refractivity contribution is -0.116. The zero-order valence-electron chi connectivity index (χ0n) is 9.46. The van der Waals surface area contributed by atoms with Crippen LogP contribution in [0.2, 0.25) is 5.02 Å². The highest BCUT2D eigenvalue weighted by Gasteiger charge is 2.32. The summed E-state index contributed by atoms with van der Waals surface area (Å²) in [5.74, 6) is -0.285. The quantitative estimate of drug-likeness (QED) is 0.876. The van der Waals surface area contributed by atoms with Gasteiger partial charge in [0.15, 0.2) is 0 Å². The zero-order valence-corrected chi connectivity index (χ0v) is 11.0. The summed E-state index contributed by atoms with van der Waals surface area (Å²) in [5, 5.41) is 7.14. The minimum Gasteiger partial charge on any atom is -0.296 e. The summed E-state index contributed by atoms with van der Waals surface area (Å²) in [7, 11) is 0. The molecule has 6 nitrogen and oxygen atoms in total. The van der Waals surface area contributed by atoms with Crippen LogP contribution in [0, 0.1) is 0 Å². The summed E-state index contributed by atoms with van der Waals surface area (Å²) in [5.41, 5.74) is 1.31. The number of fused-ring (bicyclic) bond motifs is 1. The van der Waals surface area contributed by atoms with Crippen LogP contribution in [0.5, 0.6) is 0 Å². The van der Waals surface area contributed by atoms with Gasteiger partial charge >= 0.3 is 6.03 Å². The van der Waals surface area contributed by atoms with Gasteiger partial charge in [-0.2, -0.15) is 0 Å². The molecule has 1 aliphatic heterocycles. The first-order valence-electron chi connectivity index (χ1n) is 5.35. The predicted octanol–water partition coefficient (Wildman–Crippen LogP) is 2.31. The molecule has 2 heterocycles. The number of carbonyl (C=O) groups excluding carboxylic acids is 2. The van der Waals surface area contributed by atoms with E-state index in [4.69, 9.17) is 11.6 Å². The number of halogens is 1. The molecule has 1 aliphatic rings. The Morgan fingerprint density at radius 3 is 3.05 bits per heavy atom. The molecular weight excluding hydrogens is 288 g/mol. The van der Waals surface area contributed by atoms with Crippen LogP contribution in [0.4, 0.5) is 15.5 Å². The fourth-order valence-corrected chi connectivity index (χ4v) is 2.45. The van der Waals surface area contributed by atoms with Crippen molar-refractivity contribution in [3.8, 4) is 0 Å². The van der Waals surface area contributed by atoms with Crippen molar-refractivity contribution < 1.29 is 9.59 Å². The number of hydrogen-bond acceptors (Lipinski definition) is 5. The lowest BCUT2D eigenvalue weighted by atomic mass is 10.2. The highest BCUT2D eigenvalue weighted by atomic mass is 35.5. The molecule has 0 spiro atoms. The molecule has 0 unspecified atom stereocenters. The van der Waals surface area contributed by atoms with Gasteiger partial charge in [-0.05, 0) is 17.7 Å². The molecule has 0 bridgehead atoms. The molecule has 0 radical (unpaired) electrons. The van der Waals surface area contributed by atoms with Crippen LogP contribution in [0.25, 0.3) is 0 Å². The number of nitrogens with one attached hydrogen (secondary N) is 1. The molecule has 8 heteroatoms. The minimum atomic E-state index is -0.530. The number of rotatable bonds is 1. The number of imide groups is 1. The lowest BCUT2D eigenvalue weighted by Gasteiger charge is -2.15. The van der Waals surface area contributed by atoms with E-state index in [9.17, 15) is 9.59 Å². The fraction of sp³-hybridized carbons (Fsp3) is 0.0909. The van der Waals surface area contributed by atoms with Gasteiger partial charge in [-0.1, -0.05) is 22.2 Å². The van der Waals surface area contributed by atoms with Gasteiger partial charge in [0.05, 0.1) is 18.3 Å². The second-order valence-corrected chi connectivity index (χ2v) is 5.11. The normalized spacial score (nSPS) is 13.5. The van der Waals surface area contributed by atoms with Crippen molar-refractivity contribution in [1.29, 1.82) is 0 Å². The Bertz CT molecular complexity index is 659. The van der Waals surface area contributed by atoms with E-state index in [1.54, 1.807) is 18.2 Å². The maximum Gasteiger partial charge on any atom is 0.333 e. The van der Waals surface area contributed by atoms with Crippen LogP contribution >= 0.6 is 23.1 Å². The first-order chi connectivity index (χ1) is 9.15. The van der Waals surface area contributed by atoms with Gasteiger partial charge in [-0.3, -0.25) is 10.1 Å². The van der Waals surface area contributed by atoms with Crippen molar-refractivity contribution in [2.24, 2.45) is 0 Å². The number of urea groups is 1. The highest BCUT2D eigenvalue weighted by Crippen LogP contribution is 2.32. The van der Waals surface area contributed by atoms with Crippen LogP contribution in [0.15, 0.2) is 24.4 Å². The van der Waals surface area contributed by atoms with Crippen molar-refractivity contribution in [3.05, 3.63) is 35.0 Å². The second-order valence-electron chi connectivity index (χ2n) is 3.89. The summed E-state index contributed by atoms with van der Waals surface area (Å²) < 4.78 is 3.63. The minimum absolute atomic E-state index is 0.195. The summed E-state index contributed by atoms with van der Waals surface area (Å²) in [6, 6.07) is 4.52. The Labute approximate surface area is 117 Å². The number of anilines is 2. The van der Waals surface area contributed by atoms with Crippen molar-refractivity contribution in [3.63, 3.8) is 0 Å². The highest BCUT2D eigenvalue weighted by molar-refractivity contribution is 7.10. The van der Waals surface area contributed by atoms with E-state index in [0.717, 1.165) is 22.0 Å². The summed E-state index contributed by atoms with van der Waals surface area (Å²) in [6.45, 7) is 0. The van der Waals surface area contributed by atoms with E-state index < -0.39 is 6.03 Å². The summed E-state index contributed by atoms with van der Waals surface area (Å²) in [6.07, 6.45) is 1.61. The van der Waals surface area contributed by atoms with Crippen LogP contribution in [-0.2, 0) is 11.2 Å². The Hall–Kier alpha value is -1.99. The van der Waals surface area contributed by atoms with Gasteiger partial charge < -0.3 is 0 Å². The third-order valence-electron chi connectivity index (χ3n) is 2.67. The van der Waals surface area contributed by atoms with Crippen molar-refractivity contribution >= 4 is 45.8 Å². The van der Waals surface area contributed by atoms with E-state index >= 15 is 0 Å². The van der Waals surface area contributed by atoms with Gasteiger partial charge in [0, 0.05) is 16.6 Å². The first-order valence-corrected chi connectivity index (χ1v) is 6.50. The Morgan fingerprint density at radius 1 is 1.47 bits per heavy atom. The average molecular weight is 295 g/mol. The molecule has 1 aromatic heterocycles. The zero-order chi connectivity index (χ0) is 13.4. The fourth-order valence-electron chi connectivity index (χ4n) is 1.88. The van der Waals surface area contributed by atoms with Crippen LogP contribution in [-0.4, -0.2) is 21.5 Å². The molecule has 1 aromatic carbocycles. The maximum absolute atomic E-state index is 12.1. The smallest absolute Gasteiger partial charge is 0.296 e. The van der Waals surface area contributed by atoms with Gasteiger partial charge in [0.2, 0.25) is 5.91 Å². The molecule has 19 heavy (non-hydrogen) atoms. The third-order valence-corrected chi connectivity index (χ3v) is 3.49. The summed E-state index contributed by atoms with van der Waals surface area (Å²) >= 11 is 6.93. The third kappa shape index (κ3) is 2.18. The molecular formula is C11H7ClN4O2S. The second kappa shape index (κ2) is 4.60. The van der Waals surface area contributed by atoms with Crippen LogP contribution in [0.1, 0.15) is 5.56 Å². The largest absolute Gasteiger partial charge is 0.333 e. The number of nitrogens with zero attached hydrogens (tertiary/aromatic N) is 3. The molecule has 0 fully saturated rings. The molecule has 0 saturated heterocycles. The van der Waals surface area contributed by atoms with Crippen molar-refractivity contribution in [1.82, 2.24) is 9.59 Å². The number of amides is 3. The standard InChI is InChI=1S/C11H7ClN4O2S/c12-7-2-1-6-3-10(17)16(8(6)4-7)11(18)14-9-5-13-15-19-9/h1-2,4-5H,3H2,(H,14,18). The van der Waals surface area contributed by atoms with E-state index in [-0.39, 0.29) is 12.3 Å². The predicted molar refractivity (Wildman–Crippen MR) is 71.6 cm³/mol.